The molecule has 0 spiro atoms. The van der Waals surface area contributed by atoms with E-state index in [9.17, 15) is 4.79 Å². The lowest BCUT2D eigenvalue weighted by Gasteiger charge is -2.14. The van der Waals surface area contributed by atoms with Gasteiger partial charge in [-0.05, 0) is 37.8 Å². The van der Waals surface area contributed by atoms with Gasteiger partial charge in [0.2, 0.25) is 5.91 Å². The van der Waals surface area contributed by atoms with Crippen LogP contribution in [0.1, 0.15) is 37.1 Å². The van der Waals surface area contributed by atoms with Crippen molar-refractivity contribution >= 4 is 29.7 Å². The molecule has 3 nitrogen and oxygen atoms in total. The molecule has 1 aliphatic rings. The number of thiophene rings is 1. The zero-order valence-corrected chi connectivity index (χ0v) is 11.6. The summed E-state index contributed by atoms with van der Waals surface area (Å²) in [5.41, 5.74) is 0. The summed E-state index contributed by atoms with van der Waals surface area (Å²) in [7, 11) is 0. The van der Waals surface area contributed by atoms with Gasteiger partial charge in [0.25, 0.3) is 0 Å². The highest BCUT2D eigenvalue weighted by Crippen LogP contribution is 2.18. The van der Waals surface area contributed by atoms with Crippen LogP contribution in [0.25, 0.3) is 0 Å². The average molecular weight is 275 g/mol. The van der Waals surface area contributed by atoms with E-state index >= 15 is 0 Å². The van der Waals surface area contributed by atoms with Gasteiger partial charge in [-0.25, -0.2) is 0 Å². The van der Waals surface area contributed by atoms with Crippen LogP contribution in [-0.4, -0.2) is 18.5 Å². The summed E-state index contributed by atoms with van der Waals surface area (Å²) in [6.07, 6.45) is 2.93. The van der Waals surface area contributed by atoms with Crippen molar-refractivity contribution in [1.29, 1.82) is 0 Å². The van der Waals surface area contributed by atoms with Crippen molar-refractivity contribution in [3.05, 3.63) is 22.4 Å². The van der Waals surface area contributed by atoms with Gasteiger partial charge in [0.05, 0.1) is 6.04 Å². The van der Waals surface area contributed by atoms with Crippen LogP contribution in [0.2, 0.25) is 0 Å². The van der Waals surface area contributed by atoms with Crippen LogP contribution in [0.3, 0.4) is 0 Å². The molecule has 1 saturated heterocycles. The fourth-order valence-corrected chi connectivity index (χ4v) is 2.80. The van der Waals surface area contributed by atoms with Gasteiger partial charge in [-0.2, -0.15) is 0 Å². The molecule has 2 N–H and O–H groups in total. The predicted octanol–water partition coefficient (Wildman–Crippen LogP) is 2.49. The van der Waals surface area contributed by atoms with Crippen LogP contribution in [0, 0.1) is 0 Å². The first kappa shape index (κ1) is 14.5. The van der Waals surface area contributed by atoms with Crippen molar-refractivity contribution in [3.63, 3.8) is 0 Å². The third-order valence-corrected chi connectivity index (χ3v) is 4.00. The van der Waals surface area contributed by atoms with Crippen molar-refractivity contribution in [2.24, 2.45) is 0 Å². The molecule has 0 aromatic carbocycles. The maximum absolute atomic E-state index is 11.8. The normalized spacial score (nSPS) is 20.6. The Morgan fingerprint density at radius 1 is 1.71 bits per heavy atom. The molecular formula is C12H19ClN2OS. The molecule has 1 fully saturated rings. The predicted molar refractivity (Wildman–Crippen MR) is 73.8 cm³/mol. The van der Waals surface area contributed by atoms with E-state index in [1.165, 1.54) is 11.3 Å². The number of amides is 1. The minimum absolute atomic E-state index is 0. The van der Waals surface area contributed by atoms with Gasteiger partial charge in [0.1, 0.15) is 0 Å². The average Bonchev–Trinajstić information content (AvgIpc) is 2.88. The van der Waals surface area contributed by atoms with Crippen molar-refractivity contribution in [1.82, 2.24) is 10.6 Å². The minimum atomic E-state index is 0. The Balaban J connectivity index is 0.00000144. The smallest absolute Gasteiger partial charge is 0.222 e. The molecule has 1 aromatic heterocycles. The van der Waals surface area contributed by atoms with Crippen molar-refractivity contribution in [3.8, 4) is 0 Å². The molecule has 0 aliphatic carbocycles. The third-order valence-electron chi connectivity index (χ3n) is 2.94. The van der Waals surface area contributed by atoms with E-state index < -0.39 is 0 Å². The largest absolute Gasteiger partial charge is 0.349 e. The monoisotopic (exact) mass is 274 g/mol. The number of carbonyl (C=O) groups is 1. The van der Waals surface area contributed by atoms with Crippen LogP contribution >= 0.6 is 23.7 Å². The summed E-state index contributed by atoms with van der Waals surface area (Å²) in [4.78, 5) is 13.0. The van der Waals surface area contributed by atoms with Gasteiger partial charge in [-0.1, -0.05) is 6.07 Å². The summed E-state index contributed by atoms with van der Waals surface area (Å²) in [5.74, 6) is 0.153. The van der Waals surface area contributed by atoms with E-state index in [0.717, 1.165) is 13.0 Å². The fraction of sp³-hybridized carbons (Fsp3) is 0.583. The molecule has 2 atom stereocenters. The quantitative estimate of drug-likeness (QED) is 0.886. The molecule has 2 rings (SSSR count). The Kier molecular flexibility index (Phi) is 5.95. The first-order valence-corrected chi connectivity index (χ1v) is 6.70. The second-order valence-corrected chi connectivity index (χ2v) is 5.28. The van der Waals surface area contributed by atoms with Gasteiger partial charge < -0.3 is 10.6 Å². The molecule has 1 aliphatic heterocycles. The van der Waals surface area contributed by atoms with E-state index in [1.807, 2.05) is 18.4 Å². The molecule has 5 heteroatoms. The maximum Gasteiger partial charge on any atom is 0.222 e. The number of hydrogen-bond acceptors (Lipinski definition) is 3. The Hall–Kier alpha value is -0.580. The molecule has 2 unspecified atom stereocenters. The number of hydrogen-bond donors (Lipinski definition) is 2. The zero-order valence-electron chi connectivity index (χ0n) is 9.94. The Morgan fingerprint density at radius 2 is 2.53 bits per heavy atom. The van der Waals surface area contributed by atoms with E-state index in [0.29, 0.717) is 12.5 Å². The highest BCUT2D eigenvalue weighted by atomic mass is 35.5. The maximum atomic E-state index is 11.8. The van der Waals surface area contributed by atoms with Crippen LogP contribution in [0.5, 0.6) is 0 Å². The van der Waals surface area contributed by atoms with Gasteiger partial charge in [0, 0.05) is 17.3 Å². The minimum Gasteiger partial charge on any atom is -0.349 e. The van der Waals surface area contributed by atoms with Gasteiger partial charge in [-0.3, -0.25) is 4.79 Å². The van der Waals surface area contributed by atoms with Gasteiger partial charge >= 0.3 is 0 Å². The molecule has 0 saturated carbocycles. The van der Waals surface area contributed by atoms with Crippen LogP contribution < -0.4 is 10.6 Å². The third kappa shape index (κ3) is 4.30. The van der Waals surface area contributed by atoms with Crippen LogP contribution in [0.15, 0.2) is 17.5 Å². The highest BCUT2D eigenvalue weighted by Gasteiger charge is 2.18. The molecule has 96 valence electrons. The lowest BCUT2D eigenvalue weighted by molar-refractivity contribution is -0.122. The molecular weight excluding hydrogens is 256 g/mol. The molecule has 17 heavy (non-hydrogen) atoms. The summed E-state index contributed by atoms with van der Waals surface area (Å²) < 4.78 is 0. The standard InChI is InChI=1S/C12H18N2OS.ClH/c1-9(11-5-3-7-16-11)14-12(15)8-10-4-2-6-13-10;/h3,5,7,9-10,13H,2,4,6,8H2,1H3,(H,14,15);1H. The van der Waals surface area contributed by atoms with E-state index in [-0.39, 0.29) is 24.4 Å². The molecule has 0 bridgehead atoms. The van der Waals surface area contributed by atoms with Crippen molar-refractivity contribution in [2.75, 3.05) is 6.54 Å². The first-order valence-electron chi connectivity index (χ1n) is 5.82. The molecule has 1 amide bonds. The highest BCUT2D eigenvalue weighted by molar-refractivity contribution is 7.10. The second kappa shape index (κ2) is 6.99. The molecule has 0 radical (unpaired) electrons. The van der Waals surface area contributed by atoms with E-state index in [1.54, 1.807) is 11.3 Å². The summed E-state index contributed by atoms with van der Waals surface area (Å²) >= 11 is 1.69. The molecule has 2 heterocycles. The summed E-state index contributed by atoms with van der Waals surface area (Å²) in [6, 6.07) is 4.59. The lowest BCUT2D eigenvalue weighted by atomic mass is 10.1. The van der Waals surface area contributed by atoms with E-state index in [4.69, 9.17) is 0 Å². The second-order valence-electron chi connectivity index (χ2n) is 4.30. The van der Waals surface area contributed by atoms with Crippen molar-refractivity contribution in [2.45, 2.75) is 38.3 Å². The topological polar surface area (TPSA) is 41.1 Å². The number of nitrogens with one attached hydrogen (secondary N) is 2. The summed E-state index contributed by atoms with van der Waals surface area (Å²) in [5, 5.41) is 8.42. The Bertz CT molecular complexity index is 336. The molecule has 1 aromatic rings. The fourth-order valence-electron chi connectivity index (χ4n) is 2.06. The number of carbonyl (C=O) groups excluding carboxylic acids is 1. The SMILES string of the molecule is CC(NC(=O)CC1CCCN1)c1cccs1.Cl. The van der Waals surface area contributed by atoms with Crippen LogP contribution in [0.4, 0.5) is 0 Å². The van der Waals surface area contributed by atoms with Crippen molar-refractivity contribution < 1.29 is 4.79 Å². The Labute approximate surface area is 112 Å². The van der Waals surface area contributed by atoms with E-state index in [2.05, 4.69) is 16.7 Å². The number of rotatable bonds is 4. The summed E-state index contributed by atoms with van der Waals surface area (Å²) in [6.45, 7) is 3.09. The lowest BCUT2D eigenvalue weighted by Crippen LogP contribution is -2.33. The van der Waals surface area contributed by atoms with Gasteiger partial charge in [0.15, 0.2) is 0 Å². The number of halogens is 1. The Morgan fingerprint density at radius 3 is 3.12 bits per heavy atom. The van der Waals surface area contributed by atoms with Crippen LogP contribution in [-0.2, 0) is 4.79 Å². The zero-order chi connectivity index (χ0) is 11.4. The first-order chi connectivity index (χ1) is 7.75. The van der Waals surface area contributed by atoms with Gasteiger partial charge in [-0.15, -0.1) is 23.7 Å².